The average molecular weight is 360 g/mol. The van der Waals surface area contributed by atoms with E-state index in [2.05, 4.69) is 45.3 Å². The van der Waals surface area contributed by atoms with Crippen molar-refractivity contribution in [3.63, 3.8) is 0 Å². The minimum absolute atomic E-state index is 0.0664. The highest BCUT2D eigenvalue weighted by Crippen LogP contribution is 2.23. The third-order valence-corrected chi connectivity index (χ3v) is 5.26. The number of piperidine rings is 1. The number of benzene rings is 2. The fraction of sp³-hybridized carbons (Fsp3) is 0.318. The number of anilines is 2. The summed E-state index contributed by atoms with van der Waals surface area (Å²) in [5.41, 5.74) is 1.02. The van der Waals surface area contributed by atoms with Gasteiger partial charge >= 0.3 is 0 Å². The Hall–Kier alpha value is -2.95. The van der Waals surface area contributed by atoms with Gasteiger partial charge in [-0.25, -0.2) is 9.97 Å². The highest BCUT2D eigenvalue weighted by atomic mass is 16.1. The first-order valence-electron chi connectivity index (χ1n) is 9.52. The number of nitrogens with zero attached hydrogens (tertiary/aromatic N) is 3. The van der Waals surface area contributed by atoms with E-state index in [9.17, 15) is 4.79 Å². The summed E-state index contributed by atoms with van der Waals surface area (Å²) in [5, 5.41) is 5.18. The van der Waals surface area contributed by atoms with Crippen molar-refractivity contribution in [3.05, 3.63) is 60.4 Å². The van der Waals surface area contributed by atoms with Gasteiger partial charge in [0.15, 0.2) is 0 Å². The Kier molecular flexibility index (Phi) is 5.01. The number of hydrogen-bond acceptors (Lipinski definition) is 4. The van der Waals surface area contributed by atoms with Crippen molar-refractivity contribution in [2.75, 3.05) is 23.3 Å². The normalized spacial score (nSPS) is 15.1. The Labute approximate surface area is 159 Å². The predicted molar refractivity (Wildman–Crippen MR) is 109 cm³/mol. The van der Waals surface area contributed by atoms with Crippen molar-refractivity contribution < 1.29 is 4.79 Å². The van der Waals surface area contributed by atoms with E-state index in [1.165, 1.54) is 19.2 Å². The quantitative estimate of drug-likeness (QED) is 0.763. The van der Waals surface area contributed by atoms with Gasteiger partial charge in [0.25, 0.3) is 0 Å². The smallest absolute Gasteiger partial charge is 0.229 e. The molecule has 0 saturated carbocycles. The van der Waals surface area contributed by atoms with Gasteiger partial charge < -0.3 is 10.2 Å². The first-order chi connectivity index (χ1) is 13.2. The molecule has 138 valence electrons. The van der Waals surface area contributed by atoms with Gasteiger partial charge in [0.05, 0.1) is 6.42 Å². The Balaban J connectivity index is 1.46. The van der Waals surface area contributed by atoms with Crippen LogP contribution in [0.4, 0.5) is 11.6 Å². The molecule has 4 rings (SSSR count). The summed E-state index contributed by atoms with van der Waals surface area (Å²) in [6.45, 7) is 4.29. The number of aromatic nitrogens is 2. The molecule has 0 atom stereocenters. The highest BCUT2D eigenvalue weighted by molar-refractivity contribution is 5.95. The van der Waals surface area contributed by atoms with Gasteiger partial charge in [0, 0.05) is 19.2 Å². The lowest BCUT2D eigenvalue weighted by atomic mass is 9.99. The van der Waals surface area contributed by atoms with Crippen LogP contribution >= 0.6 is 0 Å². The maximum atomic E-state index is 12.6. The number of carbonyl (C=O) groups excluding carboxylic acids is 1. The molecule has 1 aromatic heterocycles. The van der Waals surface area contributed by atoms with Gasteiger partial charge in [-0.05, 0) is 35.1 Å². The van der Waals surface area contributed by atoms with Crippen molar-refractivity contribution in [2.45, 2.75) is 26.2 Å². The van der Waals surface area contributed by atoms with Crippen LogP contribution < -0.4 is 10.2 Å². The molecule has 0 unspecified atom stereocenters. The minimum atomic E-state index is -0.0664. The molecule has 1 aliphatic heterocycles. The van der Waals surface area contributed by atoms with Gasteiger partial charge in [0.1, 0.15) is 18.0 Å². The van der Waals surface area contributed by atoms with E-state index in [0.29, 0.717) is 12.2 Å². The zero-order chi connectivity index (χ0) is 18.6. The number of hydrogen-bond donors (Lipinski definition) is 1. The summed E-state index contributed by atoms with van der Waals surface area (Å²) in [6.07, 6.45) is 4.20. The van der Waals surface area contributed by atoms with Crippen molar-refractivity contribution >= 4 is 28.3 Å². The van der Waals surface area contributed by atoms with Crippen molar-refractivity contribution in [2.24, 2.45) is 5.92 Å². The molecule has 5 nitrogen and oxygen atoms in total. The Morgan fingerprint density at radius 2 is 1.89 bits per heavy atom. The maximum Gasteiger partial charge on any atom is 0.229 e. The Morgan fingerprint density at radius 1 is 1.11 bits per heavy atom. The summed E-state index contributed by atoms with van der Waals surface area (Å²) >= 11 is 0. The molecule has 1 N–H and O–H groups in total. The third kappa shape index (κ3) is 4.08. The molecule has 0 spiro atoms. The molecule has 0 aliphatic carbocycles. The summed E-state index contributed by atoms with van der Waals surface area (Å²) in [7, 11) is 0. The van der Waals surface area contributed by atoms with Crippen molar-refractivity contribution in [3.8, 4) is 0 Å². The molecular formula is C22H24N4O. The zero-order valence-corrected chi connectivity index (χ0v) is 15.6. The van der Waals surface area contributed by atoms with E-state index in [-0.39, 0.29) is 5.91 Å². The van der Waals surface area contributed by atoms with Crippen LogP contribution in [0.2, 0.25) is 0 Å². The van der Waals surface area contributed by atoms with Crippen LogP contribution in [-0.4, -0.2) is 29.0 Å². The van der Waals surface area contributed by atoms with E-state index >= 15 is 0 Å². The van der Waals surface area contributed by atoms with Gasteiger partial charge in [-0.3, -0.25) is 4.79 Å². The van der Waals surface area contributed by atoms with Crippen molar-refractivity contribution in [1.82, 2.24) is 9.97 Å². The predicted octanol–water partition coefficient (Wildman–Crippen LogP) is 4.05. The summed E-state index contributed by atoms with van der Waals surface area (Å²) in [4.78, 5) is 23.4. The van der Waals surface area contributed by atoms with E-state index in [1.54, 1.807) is 0 Å². The number of amides is 1. The molecule has 0 radical (unpaired) electrons. The lowest BCUT2D eigenvalue weighted by molar-refractivity contribution is -0.115. The molecule has 27 heavy (non-hydrogen) atoms. The Bertz CT molecular complexity index is 942. The summed E-state index contributed by atoms with van der Waals surface area (Å²) in [6, 6.07) is 16.1. The minimum Gasteiger partial charge on any atom is -0.356 e. The first kappa shape index (κ1) is 17.5. The second kappa shape index (κ2) is 7.74. The SMILES string of the molecule is CC1CCN(c2cc(NC(=O)Cc3cccc4ccccc34)ncn2)CC1. The van der Waals surface area contributed by atoms with Crippen LogP contribution in [0.1, 0.15) is 25.3 Å². The molecule has 5 heteroatoms. The van der Waals surface area contributed by atoms with Crippen LogP contribution in [0, 0.1) is 5.92 Å². The number of rotatable bonds is 4. The molecule has 1 amide bonds. The number of nitrogens with one attached hydrogen (secondary N) is 1. The van der Waals surface area contributed by atoms with Gasteiger partial charge in [-0.15, -0.1) is 0 Å². The molecule has 0 bridgehead atoms. The van der Waals surface area contributed by atoms with Gasteiger partial charge in [-0.1, -0.05) is 49.4 Å². The topological polar surface area (TPSA) is 58.1 Å². The van der Waals surface area contributed by atoms with Crippen LogP contribution in [0.15, 0.2) is 54.9 Å². The molecule has 1 saturated heterocycles. The fourth-order valence-corrected chi connectivity index (χ4v) is 3.63. The van der Waals surface area contributed by atoms with E-state index in [0.717, 1.165) is 41.2 Å². The van der Waals surface area contributed by atoms with Gasteiger partial charge in [-0.2, -0.15) is 0 Å². The summed E-state index contributed by atoms with van der Waals surface area (Å²) < 4.78 is 0. The lowest BCUT2D eigenvalue weighted by Crippen LogP contribution is -2.33. The monoisotopic (exact) mass is 360 g/mol. The lowest BCUT2D eigenvalue weighted by Gasteiger charge is -2.31. The van der Waals surface area contributed by atoms with Crippen molar-refractivity contribution in [1.29, 1.82) is 0 Å². The molecule has 2 heterocycles. The second-order valence-electron chi connectivity index (χ2n) is 7.29. The Morgan fingerprint density at radius 3 is 2.74 bits per heavy atom. The van der Waals surface area contributed by atoms with Gasteiger partial charge in [0.2, 0.25) is 5.91 Å². The van der Waals surface area contributed by atoms with E-state index < -0.39 is 0 Å². The van der Waals surface area contributed by atoms with Crippen LogP contribution in [-0.2, 0) is 11.2 Å². The number of carbonyl (C=O) groups is 1. The number of fused-ring (bicyclic) bond motifs is 1. The molecule has 1 fully saturated rings. The fourth-order valence-electron chi connectivity index (χ4n) is 3.63. The van der Waals surface area contributed by atoms with Crippen LogP contribution in [0.3, 0.4) is 0 Å². The van der Waals surface area contributed by atoms with Crippen LogP contribution in [0.25, 0.3) is 10.8 Å². The standard InChI is InChI=1S/C22H24N4O/c1-16-9-11-26(12-10-16)21-14-20(23-15-24-21)25-22(27)13-18-7-4-6-17-5-2-3-8-19(17)18/h2-8,14-16H,9-13H2,1H3,(H,23,24,25,27). The molecular weight excluding hydrogens is 336 g/mol. The highest BCUT2D eigenvalue weighted by Gasteiger charge is 2.17. The largest absolute Gasteiger partial charge is 0.356 e. The van der Waals surface area contributed by atoms with E-state index in [1.807, 2.05) is 30.3 Å². The first-order valence-corrected chi connectivity index (χ1v) is 9.52. The third-order valence-electron chi connectivity index (χ3n) is 5.26. The maximum absolute atomic E-state index is 12.6. The zero-order valence-electron chi connectivity index (χ0n) is 15.6. The van der Waals surface area contributed by atoms with Crippen LogP contribution in [0.5, 0.6) is 0 Å². The summed E-state index contributed by atoms with van der Waals surface area (Å²) in [5.74, 6) is 2.15. The average Bonchev–Trinajstić information content (AvgIpc) is 2.69. The molecule has 2 aromatic carbocycles. The van der Waals surface area contributed by atoms with E-state index in [4.69, 9.17) is 0 Å². The molecule has 1 aliphatic rings. The second-order valence-corrected chi connectivity index (χ2v) is 7.29. The molecule has 3 aromatic rings.